The Labute approximate surface area is 257 Å². The van der Waals surface area contributed by atoms with E-state index in [-0.39, 0.29) is 34.5 Å². The third kappa shape index (κ3) is 4.70. The summed E-state index contributed by atoms with van der Waals surface area (Å²) in [5, 5.41) is 49.5. The summed E-state index contributed by atoms with van der Waals surface area (Å²) >= 11 is 0.932. The molecule has 2 unspecified atom stereocenters. The van der Waals surface area contributed by atoms with Gasteiger partial charge in [0.1, 0.15) is 24.4 Å². The second-order valence-corrected chi connectivity index (χ2v) is 11.2. The van der Waals surface area contributed by atoms with Gasteiger partial charge in [-0.15, -0.1) is 11.3 Å². The van der Waals surface area contributed by atoms with Crippen LogP contribution in [0.2, 0.25) is 0 Å². The number of aliphatic carboxylic acids is 2. The van der Waals surface area contributed by atoms with Gasteiger partial charge in [0.25, 0.3) is 17.4 Å². The SMILES string of the molecule is Nc1nc(/C(=N/OC2(C(=O)O)CNC2)C(=O)N[C@H]2CON(C3(C(=O)O)CC(n4cc5cc(O)c(O)cn5c4=O)C(=O)O3)C2=O)cs1. The number of nitrogens with one attached hydrogen (secondary N) is 2. The molecule has 0 aromatic carbocycles. The Morgan fingerprint density at radius 2 is 1.89 bits per heavy atom. The molecule has 2 amide bonds. The summed E-state index contributed by atoms with van der Waals surface area (Å²) in [5.41, 5.74) is -0.390. The van der Waals surface area contributed by atoms with E-state index in [9.17, 15) is 49.2 Å². The van der Waals surface area contributed by atoms with Gasteiger partial charge >= 0.3 is 29.3 Å². The van der Waals surface area contributed by atoms with Gasteiger partial charge in [0.2, 0.25) is 0 Å². The molecular formula is C24H22N8O13S. The monoisotopic (exact) mass is 662 g/mol. The number of pyridine rings is 1. The zero-order valence-electron chi connectivity index (χ0n) is 23.0. The molecule has 3 aliphatic heterocycles. The standard InChI is InChI=1S/C24H22N8O13S/c25-21-28-11(6-46-21)15(29-45-23(19(38)39)7-26-8-23)16(35)27-10-5-43-32(17(10)36)24(20(40)41)2-12(18(37)44-24)31-3-9-1-13(33)14(34)4-30(9)22(31)42/h1,3-4,6,10,12,26,33-34H,2,5,7-8H2,(H2,25,28)(H,27,35)(H,38,39)(H,40,41)/b29-15-/t10-,12?,24?/m0/s1. The Bertz CT molecular complexity index is 1910. The molecule has 8 N–H and O–H groups in total. The highest BCUT2D eigenvalue weighted by molar-refractivity contribution is 7.13. The lowest BCUT2D eigenvalue weighted by Crippen LogP contribution is -2.65. The van der Waals surface area contributed by atoms with Gasteiger partial charge in [0, 0.05) is 17.6 Å². The average Bonchev–Trinajstić information content (AvgIpc) is 3.72. The number of ether oxygens (including phenoxy) is 1. The molecule has 0 bridgehead atoms. The molecule has 6 heterocycles. The van der Waals surface area contributed by atoms with Crippen molar-refractivity contribution in [3.05, 3.63) is 40.0 Å². The number of fused-ring (bicyclic) bond motifs is 1. The lowest BCUT2D eigenvalue weighted by molar-refractivity contribution is -0.256. The maximum absolute atomic E-state index is 13.4. The number of cyclic esters (lactones) is 1. The van der Waals surface area contributed by atoms with Crippen molar-refractivity contribution in [2.45, 2.75) is 29.8 Å². The number of carbonyl (C=O) groups excluding carboxylic acids is 3. The van der Waals surface area contributed by atoms with E-state index < -0.39 is 89.1 Å². The Kier molecular flexibility index (Phi) is 7.05. The third-order valence-electron chi connectivity index (χ3n) is 7.46. The van der Waals surface area contributed by atoms with Crippen LogP contribution in [0.25, 0.3) is 5.52 Å². The number of anilines is 1. The molecule has 21 nitrogen and oxygen atoms in total. The molecule has 3 aromatic heterocycles. The van der Waals surface area contributed by atoms with Crippen molar-refractivity contribution in [2.24, 2.45) is 5.16 Å². The first-order valence-corrected chi connectivity index (χ1v) is 14.0. The molecule has 0 aliphatic carbocycles. The highest BCUT2D eigenvalue weighted by Crippen LogP contribution is 2.39. The van der Waals surface area contributed by atoms with Crippen LogP contribution in [0.15, 0.2) is 33.8 Å². The van der Waals surface area contributed by atoms with Gasteiger partial charge in [-0.25, -0.2) is 24.2 Å². The molecule has 22 heteroatoms. The molecule has 3 saturated heterocycles. The maximum atomic E-state index is 13.4. The van der Waals surface area contributed by atoms with Gasteiger partial charge in [-0.05, 0) is 0 Å². The average molecular weight is 663 g/mol. The number of rotatable bonds is 9. The van der Waals surface area contributed by atoms with E-state index in [1.165, 1.54) is 5.38 Å². The number of nitrogens with two attached hydrogens (primary N) is 1. The summed E-state index contributed by atoms with van der Waals surface area (Å²) in [5.74, 6) is -7.85. The fourth-order valence-electron chi connectivity index (χ4n) is 4.91. The molecule has 46 heavy (non-hydrogen) atoms. The zero-order chi connectivity index (χ0) is 33.1. The fraction of sp³-hybridized carbons (Fsp3) is 0.333. The van der Waals surface area contributed by atoms with Crippen LogP contribution in [0.1, 0.15) is 18.2 Å². The van der Waals surface area contributed by atoms with Gasteiger partial charge in [-0.1, -0.05) is 5.16 Å². The number of amides is 2. The van der Waals surface area contributed by atoms with E-state index >= 15 is 0 Å². The van der Waals surface area contributed by atoms with Crippen molar-refractivity contribution < 1.29 is 58.8 Å². The number of nitrogens with zero attached hydrogens (tertiary/aromatic N) is 5. The zero-order valence-corrected chi connectivity index (χ0v) is 23.8. The number of hydrogen-bond acceptors (Lipinski definition) is 16. The first-order valence-electron chi connectivity index (χ1n) is 13.1. The highest BCUT2D eigenvalue weighted by atomic mass is 32.1. The lowest BCUT2D eigenvalue weighted by atomic mass is 9.98. The quantitative estimate of drug-likeness (QED) is 0.0679. The van der Waals surface area contributed by atoms with Crippen LogP contribution in [0, 0.1) is 0 Å². The summed E-state index contributed by atoms with van der Waals surface area (Å²) in [6, 6.07) is -2.12. The van der Waals surface area contributed by atoms with Crippen molar-refractivity contribution in [3.63, 3.8) is 0 Å². The number of nitrogen functional groups attached to an aromatic ring is 1. The van der Waals surface area contributed by atoms with E-state index in [1.807, 2.05) is 0 Å². The number of aromatic hydroxyl groups is 2. The normalized spacial score (nSPS) is 24.1. The molecular weight excluding hydrogens is 640 g/mol. The number of carboxylic acid groups (broad SMARTS) is 2. The second kappa shape index (κ2) is 10.7. The summed E-state index contributed by atoms with van der Waals surface area (Å²) in [6.45, 7) is -0.860. The lowest BCUT2D eigenvalue weighted by Gasteiger charge is -2.35. The summed E-state index contributed by atoms with van der Waals surface area (Å²) in [7, 11) is 0. The van der Waals surface area contributed by atoms with Crippen LogP contribution >= 0.6 is 11.3 Å². The number of esters is 1. The molecule has 3 aliphatic rings. The molecule has 3 aromatic rings. The summed E-state index contributed by atoms with van der Waals surface area (Å²) < 4.78 is 6.86. The predicted octanol–water partition coefficient (Wildman–Crippen LogP) is -3.07. The van der Waals surface area contributed by atoms with Crippen LogP contribution in [-0.2, 0) is 38.4 Å². The minimum atomic E-state index is -2.77. The largest absolute Gasteiger partial charge is 0.504 e. The summed E-state index contributed by atoms with van der Waals surface area (Å²) in [4.78, 5) is 91.2. The molecule has 3 atom stereocenters. The number of carbonyl (C=O) groups is 5. The number of imidazole rings is 1. The number of thiazole rings is 1. The Hall–Kier alpha value is -5.74. The van der Waals surface area contributed by atoms with Crippen LogP contribution in [0.3, 0.4) is 0 Å². The van der Waals surface area contributed by atoms with E-state index in [0.29, 0.717) is 0 Å². The number of oxime groups is 1. The maximum Gasteiger partial charge on any atom is 0.372 e. The van der Waals surface area contributed by atoms with Crippen molar-refractivity contribution in [1.29, 1.82) is 0 Å². The van der Waals surface area contributed by atoms with E-state index in [1.54, 1.807) is 0 Å². The van der Waals surface area contributed by atoms with Gasteiger partial charge < -0.3 is 46.4 Å². The highest BCUT2D eigenvalue weighted by Gasteiger charge is 2.63. The van der Waals surface area contributed by atoms with Gasteiger partial charge in [-0.3, -0.25) is 23.4 Å². The number of hydrogen-bond donors (Lipinski definition) is 7. The molecule has 0 spiro atoms. The molecule has 3 fully saturated rings. The fourth-order valence-corrected chi connectivity index (χ4v) is 5.46. The smallest absolute Gasteiger partial charge is 0.372 e. The Morgan fingerprint density at radius 1 is 1.15 bits per heavy atom. The number of carboxylic acids is 2. The van der Waals surface area contributed by atoms with E-state index in [4.69, 9.17) is 20.1 Å². The van der Waals surface area contributed by atoms with Crippen molar-refractivity contribution in [3.8, 4) is 11.5 Å². The second-order valence-electron chi connectivity index (χ2n) is 10.3. The van der Waals surface area contributed by atoms with Crippen LogP contribution in [0.4, 0.5) is 5.13 Å². The topological polar surface area (TPSA) is 299 Å². The van der Waals surface area contributed by atoms with E-state index in [0.717, 1.165) is 38.8 Å². The van der Waals surface area contributed by atoms with Crippen LogP contribution in [-0.4, -0.2) is 112 Å². The minimum Gasteiger partial charge on any atom is -0.504 e. The summed E-state index contributed by atoms with van der Waals surface area (Å²) in [6.07, 6.45) is 1.19. The molecule has 0 radical (unpaired) electrons. The Balaban J connectivity index is 1.24. The number of aromatic nitrogens is 3. The third-order valence-corrected chi connectivity index (χ3v) is 8.13. The van der Waals surface area contributed by atoms with Crippen LogP contribution < -0.4 is 22.1 Å². The first-order chi connectivity index (χ1) is 21.8. The minimum absolute atomic E-state index is 0.0324. The molecule has 242 valence electrons. The molecule has 0 saturated carbocycles. The van der Waals surface area contributed by atoms with Crippen LogP contribution in [0.5, 0.6) is 11.5 Å². The van der Waals surface area contributed by atoms with Gasteiger partial charge in [0.15, 0.2) is 22.3 Å². The first kappa shape index (κ1) is 30.3. The van der Waals surface area contributed by atoms with Crippen molar-refractivity contribution >= 4 is 57.4 Å². The van der Waals surface area contributed by atoms with Gasteiger partial charge in [-0.2, -0.15) is 5.06 Å². The van der Waals surface area contributed by atoms with Gasteiger partial charge in [0.05, 0.1) is 31.2 Å². The van der Waals surface area contributed by atoms with Crippen molar-refractivity contribution in [1.82, 2.24) is 29.6 Å². The number of hydroxylamine groups is 2. The predicted molar refractivity (Wildman–Crippen MR) is 147 cm³/mol. The Morgan fingerprint density at radius 3 is 2.50 bits per heavy atom. The van der Waals surface area contributed by atoms with Crippen molar-refractivity contribution in [2.75, 3.05) is 25.4 Å². The van der Waals surface area contributed by atoms with E-state index in [2.05, 4.69) is 20.8 Å². The molecule has 6 rings (SSSR count).